The Kier molecular flexibility index (Phi) is 4.48. The van der Waals surface area contributed by atoms with Gasteiger partial charge in [0.25, 0.3) is 0 Å². The van der Waals surface area contributed by atoms with Gasteiger partial charge in [-0.05, 0) is 35.4 Å². The predicted molar refractivity (Wildman–Crippen MR) is 85.3 cm³/mol. The summed E-state index contributed by atoms with van der Waals surface area (Å²) in [7, 11) is 0. The van der Waals surface area contributed by atoms with Crippen molar-refractivity contribution in [1.82, 2.24) is 5.32 Å². The topological polar surface area (TPSA) is 21.3 Å². The van der Waals surface area contributed by atoms with Crippen molar-refractivity contribution in [3.8, 4) is 5.75 Å². The van der Waals surface area contributed by atoms with E-state index in [1.165, 1.54) is 11.6 Å². The van der Waals surface area contributed by atoms with Gasteiger partial charge in [-0.3, -0.25) is 0 Å². The number of benzene rings is 2. The quantitative estimate of drug-likeness (QED) is 0.857. The average Bonchev–Trinajstić information content (AvgIpc) is 2.91. The highest BCUT2D eigenvalue weighted by Crippen LogP contribution is 2.32. The monoisotopic (exact) mass is 369 g/mol. The van der Waals surface area contributed by atoms with Gasteiger partial charge < -0.3 is 10.1 Å². The van der Waals surface area contributed by atoms with Gasteiger partial charge >= 0.3 is 0 Å². The Morgan fingerprint density at radius 2 is 2.10 bits per heavy atom. The first-order valence-electron chi connectivity index (χ1n) is 6.72. The molecule has 2 aromatic carbocycles. The summed E-state index contributed by atoms with van der Waals surface area (Å²) in [5.74, 6) is 0.599. The van der Waals surface area contributed by atoms with Crippen molar-refractivity contribution in [2.75, 3.05) is 6.61 Å². The molecule has 0 atom stereocenters. The maximum atomic E-state index is 13.1. The molecule has 0 fully saturated rings. The summed E-state index contributed by atoms with van der Waals surface area (Å²) in [5.41, 5.74) is 3.32. The van der Waals surface area contributed by atoms with Gasteiger partial charge in [0.15, 0.2) is 0 Å². The summed E-state index contributed by atoms with van der Waals surface area (Å²) in [6.45, 7) is 2.06. The molecule has 0 radical (unpaired) electrons. The van der Waals surface area contributed by atoms with Crippen LogP contribution in [0.3, 0.4) is 0 Å². The maximum absolute atomic E-state index is 13.1. The fraction of sp³-hybridized carbons (Fsp3) is 0.250. The second kappa shape index (κ2) is 6.34. The smallest absolute Gasteiger partial charge is 0.141 e. The molecule has 0 saturated carbocycles. The molecule has 0 aromatic heterocycles. The largest absolute Gasteiger partial charge is 0.493 e. The van der Waals surface area contributed by atoms with Gasteiger partial charge in [0.1, 0.15) is 11.6 Å². The molecule has 0 bridgehead atoms. The number of hydrogen-bond acceptors (Lipinski definition) is 2. The van der Waals surface area contributed by atoms with E-state index in [1.54, 1.807) is 12.1 Å². The van der Waals surface area contributed by atoms with Crippen LogP contribution in [0.25, 0.3) is 0 Å². The fourth-order valence-electron chi connectivity index (χ4n) is 2.47. The van der Waals surface area contributed by atoms with E-state index in [4.69, 9.17) is 16.3 Å². The molecule has 0 amide bonds. The summed E-state index contributed by atoms with van der Waals surface area (Å²) in [5, 5.41) is 3.49. The second-order valence-corrected chi connectivity index (χ2v) is 6.33. The molecule has 0 spiro atoms. The van der Waals surface area contributed by atoms with Crippen molar-refractivity contribution in [3.63, 3.8) is 0 Å². The molecule has 0 aliphatic carbocycles. The molecule has 21 heavy (non-hydrogen) atoms. The van der Waals surface area contributed by atoms with Crippen LogP contribution in [0.15, 0.2) is 34.8 Å². The zero-order valence-electron chi connectivity index (χ0n) is 11.3. The SMILES string of the molecule is Fc1ccc(CNCc2cc(Br)cc3c2OCC3)cc1Cl. The first-order valence-corrected chi connectivity index (χ1v) is 7.89. The van der Waals surface area contributed by atoms with Crippen molar-refractivity contribution in [1.29, 1.82) is 0 Å². The van der Waals surface area contributed by atoms with Crippen LogP contribution in [0.2, 0.25) is 5.02 Å². The van der Waals surface area contributed by atoms with E-state index in [1.807, 2.05) is 0 Å². The van der Waals surface area contributed by atoms with Gasteiger partial charge in [0.05, 0.1) is 11.6 Å². The van der Waals surface area contributed by atoms with Gasteiger partial charge in [-0.25, -0.2) is 4.39 Å². The highest BCUT2D eigenvalue weighted by Gasteiger charge is 2.17. The van der Waals surface area contributed by atoms with E-state index in [9.17, 15) is 4.39 Å². The molecule has 1 aliphatic rings. The van der Waals surface area contributed by atoms with Crippen LogP contribution in [0.5, 0.6) is 5.75 Å². The van der Waals surface area contributed by atoms with Crippen LogP contribution in [0.1, 0.15) is 16.7 Å². The van der Waals surface area contributed by atoms with E-state index in [0.717, 1.165) is 34.4 Å². The first kappa shape index (κ1) is 14.8. The highest BCUT2D eigenvalue weighted by atomic mass is 79.9. The van der Waals surface area contributed by atoms with E-state index >= 15 is 0 Å². The van der Waals surface area contributed by atoms with Crippen molar-refractivity contribution >= 4 is 27.5 Å². The Bertz CT molecular complexity index is 678. The first-order chi connectivity index (χ1) is 10.1. The van der Waals surface area contributed by atoms with Gasteiger partial charge in [-0.15, -0.1) is 0 Å². The molecule has 1 heterocycles. The molecular formula is C16H14BrClFNO. The average molecular weight is 371 g/mol. The number of rotatable bonds is 4. The molecule has 0 unspecified atom stereocenters. The molecule has 3 rings (SSSR count). The van der Waals surface area contributed by atoms with Crippen molar-refractivity contribution in [3.05, 3.63) is 62.3 Å². The third kappa shape index (κ3) is 3.39. The van der Waals surface area contributed by atoms with Gasteiger partial charge in [-0.1, -0.05) is 33.6 Å². The molecule has 2 nitrogen and oxygen atoms in total. The third-order valence-corrected chi connectivity index (χ3v) is 4.20. The molecule has 5 heteroatoms. The van der Waals surface area contributed by atoms with Crippen LogP contribution in [-0.4, -0.2) is 6.61 Å². The van der Waals surface area contributed by atoms with Crippen LogP contribution in [0.4, 0.5) is 4.39 Å². The Labute approximate surface area is 136 Å². The lowest BCUT2D eigenvalue weighted by Gasteiger charge is -2.10. The normalized spacial score (nSPS) is 13.1. The summed E-state index contributed by atoms with van der Waals surface area (Å²) >= 11 is 9.31. The molecule has 1 N–H and O–H groups in total. The third-order valence-electron chi connectivity index (χ3n) is 3.45. The Morgan fingerprint density at radius 1 is 1.24 bits per heavy atom. The van der Waals surface area contributed by atoms with Gasteiger partial charge in [0, 0.05) is 29.5 Å². The van der Waals surface area contributed by atoms with Gasteiger partial charge in [0.2, 0.25) is 0 Å². The van der Waals surface area contributed by atoms with Crippen LogP contribution in [-0.2, 0) is 19.5 Å². The summed E-state index contributed by atoms with van der Waals surface area (Å²) in [6.07, 6.45) is 0.954. The van der Waals surface area contributed by atoms with E-state index < -0.39 is 5.82 Å². The van der Waals surface area contributed by atoms with E-state index in [2.05, 4.69) is 33.4 Å². The van der Waals surface area contributed by atoms with Crippen molar-refractivity contribution < 1.29 is 9.13 Å². The molecular weight excluding hydrogens is 357 g/mol. The molecule has 110 valence electrons. The number of fused-ring (bicyclic) bond motifs is 1. The minimum absolute atomic E-state index is 0.154. The highest BCUT2D eigenvalue weighted by molar-refractivity contribution is 9.10. The van der Waals surface area contributed by atoms with Crippen LogP contribution < -0.4 is 10.1 Å². The Balaban J connectivity index is 1.67. The minimum Gasteiger partial charge on any atom is -0.493 e. The molecule has 0 saturated heterocycles. The number of hydrogen-bond donors (Lipinski definition) is 1. The van der Waals surface area contributed by atoms with Crippen molar-refractivity contribution in [2.24, 2.45) is 0 Å². The van der Waals surface area contributed by atoms with Crippen LogP contribution in [0, 0.1) is 5.82 Å². The zero-order chi connectivity index (χ0) is 14.8. The van der Waals surface area contributed by atoms with E-state index in [0.29, 0.717) is 13.1 Å². The molecule has 2 aromatic rings. The lowest BCUT2D eigenvalue weighted by Crippen LogP contribution is -2.13. The van der Waals surface area contributed by atoms with Crippen molar-refractivity contribution in [2.45, 2.75) is 19.5 Å². The Morgan fingerprint density at radius 3 is 2.90 bits per heavy atom. The van der Waals surface area contributed by atoms with Crippen LogP contribution >= 0.6 is 27.5 Å². The lowest BCUT2D eigenvalue weighted by atomic mass is 10.1. The standard InChI is InChI=1S/C16H14BrClFNO/c17-13-6-11-3-4-21-16(11)12(7-13)9-20-8-10-1-2-15(19)14(18)5-10/h1-2,5-7,20H,3-4,8-9H2. The summed E-state index contributed by atoms with van der Waals surface area (Å²) in [4.78, 5) is 0. The minimum atomic E-state index is -0.390. The lowest BCUT2D eigenvalue weighted by molar-refractivity contribution is 0.352. The van der Waals surface area contributed by atoms with Gasteiger partial charge in [-0.2, -0.15) is 0 Å². The predicted octanol–water partition coefficient (Wildman–Crippen LogP) is 4.47. The van der Waals surface area contributed by atoms with E-state index in [-0.39, 0.29) is 5.02 Å². The fourth-order valence-corrected chi connectivity index (χ4v) is 3.22. The number of nitrogens with one attached hydrogen (secondary N) is 1. The molecule has 1 aliphatic heterocycles. The maximum Gasteiger partial charge on any atom is 0.141 e. The summed E-state index contributed by atoms with van der Waals surface area (Å²) < 4.78 is 19.9. The zero-order valence-corrected chi connectivity index (χ0v) is 13.6. The second-order valence-electron chi connectivity index (χ2n) is 5.00. The number of ether oxygens (including phenoxy) is 1. The summed E-state index contributed by atoms with van der Waals surface area (Å²) in [6, 6.07) is 8.93. The Hall–Kier alpha value is -1.10. The number of halogens is 3.